The molecule has 1 aromatic carbocycles. The zero-order valence-electron chi connectivity index (χ0n) is 14.9. The lowest BCUT2D eigenvalue weighted by atomic mass is 10.1. The summed E-state index contributed by atoms with van der Waals surface area (Å²) in [5.74, 6) is -0.540. The van der Waals surface area contributed by atoms with Crippen LogP contribution >= 0.6 is 24.0 Å². The number of phenols is 2. The van der Waals surface area contributed by atoms with Crippen molar-refractivity contribution in [2.75, 3.05) is 6.54 Å². The minimum absolute atomic E-state index is 0.196. The minimum Gasteiger partial charge on any atom is -0.504 e. The first-order valence-electron chi connectivity index (χ1n) is 8.46. The quantitative estimate of drug-likeness (QED) is 0.376. The van der Waals surface area contributed by atoms with E-state index in [0.717, 1.165) is 17.3 Å². The first kappa shape index (κ1) is 20.0. The van der Waals surface area contributed by atoms with Crippen LogP contribution in [0.5, 0.6) is 11.5 Å². The van der Waals surface area contributed by atoms with Gasteiger partial charge < -0.3 is 19.9 Å². The second-order valence-corrected chi connectivity index (χ2v) is 7.78. The van der Waals surface area contributed by atoms with Crippen molar-refractivity contribution in [1.82, 2.24) is 10.2 Å². The number of carbonyl (C=O) groups is 2. The average molecular weight is 418 g/mol. The van der Waals surface area contributed by atoms with Crippen molar-refractivity contribution in [3.8, 4) is 11.5 Å². The fraction of sp³-hybridized carbons (Fsp3) is 0.211. The highest BCUT2D eigenvalue weighted by atomic mass is 32.2. The van der Waals surface area contributed by atoms with Crippen LogP contribution in [0.3, 0.4) is 0 Å². The fourth-order valence-corrected chi connectivity index (χ4v) is 4.03. The SMILES string of the molecule is C[C@H](C(=O)NCCc1ccc(O)c(O)c1)N1C(=O)/C(=C/c2ccco2)SC1=S. The van der Waals surface area contributed by atoms with Gasteiger partial charge in [0.15, 0.2) is 11.5 Å². The lowest BCUT2D eigenvalue weighted by molar-refractivity contribution is -0.132. The van der Waals surface area contributed by atoms with Gasteiger partial charge in [-0.25, -0.2) is 0 Å². The van der Waals surface area contributed by atoms with E-state index in [1.165, 1.54) is 23.3 Å². The van der Waals surface area contributed by atoms with Gasteiger partial charge >= 0.3 is 0 Å². The van der Waals surface area contributed by atoms with Crippen LogP contribution in [0, 0.1) is 0 Å². The Labute approximate surface area is 171 Å². The summed E-state index contributed by atoms with van der Waals surface area (Å²) in [7, 11) is 0. The summed E-state index contributed by atoms with van der Waals surface area (Å²) in [6, 6.07) is 7.17. The highest BCUT2D eigenvalue weighted by molar-refractivity contribution is 8.26. The molecule has 2 heterocycles. The minimum atomic E-state index is -0.761. The third-order valence-corrected chi connectivity index (χ3v) is 5.49. The number of phenolic OH excluding ortho intramolecular Hbond substituents is 2. The molecule has 0 spiro atoms. The van der Waals surface area contributed by atoms with Crippen LogP contribution in [0.2, 0.25) is 0 Å². The van der Waals surface area contributed by atoms with E-state index in [0.29, 0.717) is 28.0 Å². The first-order chi connectivity index (χ1) is 13.4. The number of nitrogens with zero attached hydrogens (tertiary/aromatic N) is 1. The number of amides is 2. The molecule has 0 bridgehead atoms. The van der Waals surface area contributed by atoms with E-state index in [1.807, 2.05) is 0 Å². The summed E-state index contributed by atoms with van der Waals surface area (Å²) in [5.41, 5.74) is 0.759. The van der Waals surface area contributed by atoms with E-state index in [2.05, 4.69) is 5.32 Å². The predicted molar refractivity (Wildman–Crippen MR) is 110 cm³/mol. The molecule has 9 heteroatoms. The number of aromatic hydroxyl groups is 2. The molecule has 7 nitrogen and oxygen atoms in total. The molecule has 1 aromatic heterocycles. The van der Waals surface area contributed by atoms with E-state index < -0.39 is 6.04 Å². The van der Waals surface area contributed by atoms with Gasteiger partial charge in [0.05, 0.1) is 11.2 Å². The zero-order valence-corrected chi connectivity index (χ0v) is 16.5. The smallest absolute Gasteiger partial charge is 0.267 e. The van der Waals surface area contributed by atoms with Gasteiger partial charge in [-0.2, -0.15) is 0 Å². The molecule has 2 amide bonds. The summed E-state index contributed by atoms with van der Waals surface area (Å²) in [6.07, 6.45) is 3.57. The number of furan rings is 1. The molecule has 28 heavy (non-hydrogen) atoms. The number of benzene rings is 1. The van der Waals surface area contributed by atoms with E-state index in [1.54, 1.807) is 31.2 Å². The molecule has 1 fully saturated rings. The van der Waals surface area contributed by atoms with E-state index in [9.17, 15) is 19.8 Å². The zero-order chi connectivity index (χ0) is 20.3. The molecule has 1 atom stereocenters. The normalized spacial score (nSPS) is 16.6. The lowest BCUT2D eigenvalue weighted by Crippen LogP contribution is -2.47. The number of hydrogen-bond donors (Lipinski definition) is 3. The van der Waals surface area contributed by atoms with Crippen molar-refractivity contribution < 1.29 is 24.2 Å². The second kappa shape index (κ2) is 8.49. The third kappa shape index (κ3) is 4.37. The molecule has 1 aliphatic rings. The molecule has 1 aliphatic heterocycles. The van der Waals surface area contributed by atoms with E-state index in [-0.39, 0.29) is 23.3 Å². The van der Waals surface area contributed by atoms with Crippen molar-refractivity contribution >= 4 is 46.2 Å². The van der Waals surface area contributed by atoms with Crippen molar-refractivity contribution in [1.29, 1.82) is 0 Å². The molecule has 146 valence electrons. The summed E-state index contributed by atoms with van der Waals surface area (Å²) in [5, 5.41) is 21.6. The number of thiocarbonyl (C=S) groups is 1. The molecule has 0 unspecified atom stereocenters. The summed E-state index contributed by atoms with van der Waals surface area (Å²) in [6.45, 7) is 1.92. The van der Waals surface area contributed by atoms with Gasteiger partial charge in [-0.15, -0.1) is 0 Å². The van der Waals surface area contributed by atoms with Crippen molar-refractivity contribution in [2.45, 2.75) is 19.4 Å². The van der Waals surface area contributed by atoms with Gasteiger partial charge in [0.1, 0.15) is 16.1 Å². The Hall–Kier alpha value is -2.78. The van der Waals surface area contributed by atoms with Crippen molar-refractivity contribution in [2.24, 2.45) is 0 Å². The summed E-state index contributed by atoms with van der Waals surface area (Å²) < 4.78 is 5.53. The predicted octanol–water partition coefficient (Wildman–Crippen LogP) is 2.64. The number of rotatable bonds is 6. The van der Waals surface area contributed by atoms with Gasteiger partial charge in [-0.1, -0.05) is 30.0 Å². The Kier molecular flexibility index (Phi) is 6.05. The van der Waals surface area contributed by atoms with Gasteiger partial charge in [-0.3, -0.25) is 14.5 Å². The maximum atomic E-state index is 12.6. The van der Waals surface area contributed by atoms with Gasteiger partial charge in [0, 0.05) is 12.6 Å². The maximum absolute atomic E-state index is 12.6. The Morgan fingerprint density at radius 1 is 1.36 bits per heavy atom. The second-order valence-electron chi connectivity index (χ2n) is 6.11. The molecule has 2 aromatic rings. The number of carbonyl (C=O) groups excluding carboxylic acids is 2. The largest absolute Gasteiger partial charge is 0.504 e. The molecule has 0 aliphatic carbocycles. The first-order valence-corrected chi connectivity index (χ1v) is 9.68. The Morgan fingerprint density at radius 2 is 2.14 bits per heavy atom. The maximum Gasteiger partial charge on any atom is 0.267 e. The molecule has 3 rings (SSSR count). The van der Waals surface area contributed by atoms with Crippen LogP contribution in [-0.2, 0) is 16.0 Å². The monoisotopic (exact) mass is 418 g/mol. The van der Waals surface area contributed by atoms with Crippen LogP contribution < -0.4 is 5.32 Å². The molecule has 0 radical (unpaired) electrons. The lowest BCUT2D eigenvalue weighted by Gasteiger charge is -2.22. The van der Waals surface area contributed by atoms with Gasteiger partial charge in [0.25, 0.3) is 5.91 Å². The Balaban J connectivity index is 1.58. The molecule has 3 N–H and O–H groups in total. The molecular formula is C19H18N2O5S2. The number of hydrogen-bond acceptors (Lipinski definition) is 7. The molecule has 1 saturated heterocycles. The third-order valence-electron chi connectivity index (χ3n) is 4.16. The van der Waals surface area contributed by atoms with Crippen LogP contribution in [0.1, 0.15) is 18.2 Å². The van der Waals surface area contributed by atoms with Gasteiger partial charge in [0.2, 0.25) is 5.91 Å². The fourth-order valence-electron chi connectivity index (χ4n) is 2.64. The van der Waals surface area contributed by atoms with Crippen LogP contribution in [0.4, 0.5) is 0 Å². The van der Waals surface area contributed by atoms with Crippen molar-refractivity contribution in [3.05, 3.63) is 52.8 Å². The Morgan fingerprint density at radius 3 is 2.82 bits per heavy atom. The van der Waals surface area contributed by atoms with Crippen LogP contribution in [-0.4, -0.2) is 43.8 Å². The van der Waals surface area contributed by atoms with Gasteiger partial charge in [-0.05, 0) is 43.2 Å². The Bertz CT molecular complexity index is 940. The van der Waals surface area contributed by atoms with Crippen molar-refractivity contribution in [3.63, 3.8) is 0 Å². The van der Waals surface area contributed by atoms with Crippen LogP contribution in [0.15, 0.2) is 45.9 Å². The standard InChI is InChI=1S/C19H18N2O5S2/c1-11(17(24)20-7-6-12-4-5-14(22)15(23)9-12)21-18(25)16(28-19(21)27)10-13-3-2-8-26-13/h2-5,8-11,22-23H,6-7H2,1H3,(H,20,24)/b16-10-/t11-/m1/s1. The average Bonchev–Trinajstić information content (AvgIpc) is 3.26. The van der Waals surface area contributed by atoms with E-state index >= 15 is 0 Å². The topological polar surface area (TPSA) is 103 Å². The highest BCUT2D eigenvalue weighted by Gasteiger charge is 2.38. The molecule has 0 saturated carbocycles. The van der Waals surface area contributed by atoms with E-state index in [4.69, 9.17) is 16.6 Å². The summed E-state index contributed by atoms with van der Waals surface area (Å²) in [4.78, 5) is 26.8. The highest BCUT2D eigenvalue weighted by Crippen LogP contribution is 2.34. The summed E-state index contributed by atoms with van der Waals surface area (Å²) >= 11 is 6.39. The molecular weight excluding hydrogens is 400 g/mol. The number of nitrogens with one attached hydrogen (secondary N) is 1. The van der Waals surface area contributed by atoms with Crippen LogP contribution in [0.25, 0.3) is 6.08 Å². The number of thioether (sulfide) groups is 1.